The maximum Gasteiger partial charge on any atom is 0.416 e. The van der Waals surface area contributed by atoms with Crippen molar-refractivity contribution in [2.45, 2.75) is 71.6 Å². The van der Waals surface area contributed by atoms with Crippen molar-refractivity contribution in [2.24, 2.45) is 0 Å². The molecule has 0 bridgehead atoms. The van der Waals surface area contributed by atoms with E-state index in [0.717, 1.165) is 34.4 Å². The molecule has 97 heavy (non-hydrogen) atoms. The minimum absolute atomic E-state index is 0.00901. The number of ether oxygens (including phenoxy) is 3. The third kappa shape index (κ3) is 20.2. The number of methoxy groups -OCH3 is 2. The maximum absolute atomic E-state index is 13.6. The number of nitrogens with one attached hydrogen (secondary N) is 3. The SMILES string of the molecule is COc1ccc(CC(=O)Nc2ccc(C(=O)N(CC(=O)O)Cc3ccc(-c4nc(-c5ccc(-c6ccc(C)cc6)cc5)n[nH]4)cc3)cc2)c(C(F)(F)F)c1.COc1ccc(CC(=O)Nc2ccc(C(=O)N(CC(=O)OC(C)(C)C)Cc3ccc(C(=O)O)cc3)cc2)c(C(F)(F)F)c1. The number of anilines is 2. The van der Waals surface area contributed by atoms with Gasteiger partial charge in [0.2, 0.25) is 11.8 Å². The van der Waals surface area contributed by atoms with Gasteiger partial charge in [-0.3, -0.25) is 33.9 Å². The Hall–Kier alpha value is -11.6. The minimum atomic E-state index is -4.69. The lowest BCUT2D eigenvalue weighted by atomic mass is 10.0. The summed E-state index contributed by atoms with van der Waals surface area (Å²) in [6.45, 7) is 6.11. The van der Waals surface area contributed by atoms with E-state index in [0.29, 0.717) is 22.8 Å². The lowest BCUT2D eigenvalue weighted by molar-refractivity contribution is -0.155. The molecule has 1 aromatic heterocycles. The Labute approximate surface area is 552 Å². The molecule has 19 nitrogen and oxygen atoms in total. The molecule has 5 N–H and O–H groups in total. The lowest BCUT2D eigenvalue weighted by Crippen LogP contribution is -2.38. The monoisotopic (exact) mass is 1330 g/mol. The largest absolute Gasteiger partial charge is 0.497 e. The van der Waals surface area contributed by atoms with E-state index in [1.165, 1.54) is 127 Å². The fourth-order valence-electron chi connectivity index (χ4n) is 9.85. The maximum atomic E-state index is 13.6. The number of hydrogen-bond donors (Lipinski definition) is 5. The Kier molecular flexibility index (Phi) is 22.8. The van der Waals surface area contributed by atoms with Gasteiger partial charge in [-0.15, -0.1) is 0 Å². The van der Waals surface area contributed by atoms with E-state index in [4.69, 9.17) is 19.3 Å². The van der Waals surface area contributed by atoms with E-state index < -0.39 is 96.5 Å². The second-order valence-corrected chi connectivity index (χ2v) is 23.1. The number of aryl methyl sites for hydroxylation is 1. The molecule has 0 spiro atoms. The number of carbonyl (C=O) groups excluding carboxylic acids is 5. The molecule has 0 aliphatic heterocycles. The number of halogens is 6. The summed E-state index contributed by atoms with van der Waals surface area (Å²) in [5.74, 6) is -4.39. The summed E-state index contributed by atoms with van der Waals surface area (Å²) in [4.78, 5) is 94.5. The Morgan fingerprint density at radius 3 is 1.32 bits per heavy atom. The number of nitrogens with zero attached hydrogens (tertiary/aromatic N) is 4. The molecule has 502 valence electrons. The zero-order chi connectivity index (χ0) is 70.4. The zero-order valence-electron chi connectivity index (χ0n) is 53.1. The molecule has 9 aromatic rings. The Bertz CT molecular complexity index is 4290. The number of hydrogen-bond acceptors (Lipinski definition) is 12. The van der Waals surface area contributed by atoms with Crippen LogP contribution in [-0.2, 0) is 62.2 Å². The van der Waals surface area contributed by atoms with Gasteiger partial charge in [-0.25, -0.2) is 9.78 Å². The third-order valence-electron chi connectivity index (χ3n) is 14.6. The molecule has 9 rings (SSSR count). The average Bonchev–Trinajstić information content (AvgIpc) is 1.23. The molecule has 1 heterocycles. The first-order chi connectivity index (χ1) is 45.9. The normalized spacial score (nSPS) is 11.3. The van der Waals surface area contributed by atoms with Gasteiger partial charge in [0.05, 0.1) is 43.8 Å². The quantitative estimate of drug-likeness (QED) is 0.0312. The number of carbonyl (C=O) groups is 7. The van der Waals surface area contributed by atoms with E-state index in [9.17, 15) is 65.0 Å². The Balaban J connectivity index is 0.000000255. The van der Waals surface area contributed by atoms with Crippen molar-refractivity contribution in [3.05, 3.63) is 238 Å². The van der Waals surface area contributed by atoms with Gasteiger partial charge in [0.25, 0.3) is 11.8 Å². The molecule has 8 aromatic carbocycles. The highest BCUT2D eigenvalue weighted by atomic mass is 19.4. The summed E-state index contributed by atoms with van der Waals surface area (Å²) in [6, 6.07) is 47.2. The van der Waals surface area contributed by atoms with Gasteiger partial charge in [0.1, 0.15) is 30.2 Å². The molecule has 25 heteroatoms. The van der Waals surface area contributed by atoms with E-state index in [1.807, 2.05) is 31.2 Å². The standard InChI is InChI=1S/C41H34F3N5O5.C31H31F3N2O7/c1-25-3-7-27(8-4-25)28-11-13-30(14-12-28)39-46-38(47-48-39)29-9-5-26(6-10-29)23-49(24-37(51)52)40(53)31-15-18-33(19-16-31)45-36(50)21-32-17-20-34(54-2)22-35(32)41(42,43)44;1-30(2,3)43-27(38)18-36(17-19-5-7-21(8-6-19)29(40)41)28(39)20-9-12-23(13-10-20)35-26(37)15-22-11-14-24(42-4)16-25(22)31(32,33)34/h3-20,22H,21,23-24H2,1-2H3,(H,45,50)(H,51,52)(H,46,47,48);5-14,16H,15,17-18H2,1-4H3,(H,35,37)(H,40,41). The van der Waals surface area contributed by atoms with Gasteiger partial charge in [-0.2, -0.15) is 31.4 Å². The predicted molar refractivity (Wildman–Crippen MR) is 347 cm³/mol. The van der Waals surface area contributed by atoms with Crippen LogP contribution in [0.5, 0.6) is 11.5 Å². The fourth-order valence-corrected chi connectivity index (χ4v) is 9.85. The first-order valence-electron chi connectivity index (χ1n) is 29.7. The number of H-pyrrole nitrogens is 1. The number of alkyl halides is 6. The van der Waals surface area contributed by atoms with Crippen LogP contribution in [0, 0.1) is 6.92 Å². The number of esters is 1. The summed E-state index contributed by atoms with van der Waals surface area (Å²) >= 11 is 0. The molecule has 0 unspecified atom stereocenters. The summed E-state index contributed by atoms with van der Waals surface area (Å²) in [5, 5.41) is 31.1. The van der Waals surface area contributed by atoms with Crippen molar-refractivity contribution in [1.82, 2.24) is 25.0 Å². The van der Waals surface area contributed by atoms with E-state index in [1.54, 1.807) is 45.0 Å². The highest BCUT2D eigenvalue weighted by Gasteiger charge is 2.36. The number of aromatic carboxylic acids is 1. The van der Waals surface area contributed by atoms with Crippen molar-refractivity contribution in [2.75, 3.05) is 37.9 Å². The topological polar surface area (TPSA) is 260 Å². The van der Waals surface area contributed by atoms with Gasteiger partial charge in [-0.1, -0.05) is 103 Å². The average molecular weight is 1330 g/mol. The molecule has 0 radical (unpaired) electrons. The van der Waals surface area contributed by atoms with Crippen LogP contribution in [0.25, 0.3) is 33.9 Å². The van der Waals surface area contributed by atoms with Crippen LogP contribution >= 0.6 is 0 Å². The second-order valence-electron chi connectivity index (χ2n) is 23.1. The van der Waals surface area contributed by atoms with E-state index in [2.05, 4.69) is 50.1 Å². The molecule has 4 amide bonds. The van der Waals surface area contributed by atoms with Gasteiger partial charge < -0.3 is 44.9 Å². The molecule has 0 atom stereocenters. The van der Waals surface area contributed by atoms with Gasteiger partial charge in [-0.05, 0) is 146 Å². The van der Waals surface area contributed by atoms with Crippen molar-refractivity contribution in [1.29, 1.82) is 0 Å². The minimum Gasteiger partial charge on any atom is -0.497 e. The third-order valence-corrected chi connectivity index (χ3v) is 14.6. The number of carboxylic acid groups (broad SMARTS) is 2. The molecular formula is C72H65F6N7O12. The van der Waals surface area contributed by atoms with Gasteiger partial charge >= 0.3 is 30.3 Å². The Morgan fingerprint density at radius 2 is 0.907 bits per heavy atom. The number of benzene rings is 8. The van der Waals surface area contributed by atoms with Crippen LogP contribution in [0.15, 0.2) is 182 Å². The number of aromatic nitrogens is 3. The first-order valence-corrected chi connectivity index (χ1v) is 29.7. The van der Waals surface area contributed by atoms with Crippen molar-refractivity contribution < 1.29 is 84.3 Å². The van der Waals surface area contributed by atoms with Crippen LogP contribution in [-0.4, -0.2) is 110 Å². The van der Waals surface area contributed by atoms with Crippen LogP contribution in [0.1, 0.15) is 90.8 Å². The van der Waals surface area contributed by atoms with E-state index >= 15 is 0 Å². The number of rotatable bonds is 22. The molecule has 0 aliphatic carbocycles. The van der Waals surface area contributed by atoms with Crippen molar-refractivity contribution >= 4 is 52.9 Å². The summed E-state index contributed by atoms with van der Waals surface area (Å²) in [6.07, 6.45) is -10.5. The highest BCUT2D eigenvalue weighted by molar-refractivity contribution is 5.99. The summed E-state index contributed by atoms with van der Waals surface area (Å²) in [5.41, 5.74) is 3.87. The van der Waals surface area contributed by atoms with Gasteiger partial charge in [0, 0.05) is 46.7 Å². The summed E-state index contributed by atoms with van der Waals surface area (Å²) in [7, 11) is 2.49. The Morgan fingerprint density at radius 1 is 0.505 bits per heavy atom. The number of amides is 4. The highest BCUT2D eigenvalue weighted by Crippen LogP contribution is 2.37. The number of carboxylic acids is 2. The van der Waals surface area contributed by atoms with Crippen molar-refractivity contribution in [3.63, 3.8) is 0 Å². The molecule has 0 saturated heterocycles. The van der Waals surface area contributed by atoms with Crippen LogP contribution in [0.2, 0.25) is 0 Å². The zero-order valence-corrected chi connectivity index (χ0v) is 53.1. The fraction of sp³-hybridized carbons (Fsp3) is 0.208. The smallest absolute Gasteiger partial charge is 0.416 e. The van der Waals surface area contributed by atoms with Crippen LogP contribution < -0.4 is 20.1 Å². The molecular weight excluding hydrogens is 1270 g/mol. The van der Waals surface area contributed by atoms with Crippen LogP contribution in [0.4, 0.5) is 37.7 Å². The molecule has 0 fully saturated rings. The van der Waals surface area contributed by atoms with Crippen LogP contribution in [0.3, 0.4) is 0 Å². The van der Waals surface area contributed by atoms with Crippen molar-refractivity contribution in [3.8, 4) is 45.4 Å². The summed E-state index contributed by atoms with van der Waals surface area (Å²) < 4.78 is 96.3. The molecule has 0 saturated carbocycles. The lowest BCUT2D eigenvalue weighted by Gasteiger charge is -2.25. The first kappa shape index (κ1) is 71.2. The number of aromatic amines is 1. The van der Waals surface area contributed by atoms with E-state index in [-0.39, 0.29) is 63.8 Å². The molecule has 0 aliphatic rings. The number of aliphatic carboxylic acids is 1. The predicted octanol–water partition coefficient (Wildman–Crippen LogP) is 13.6. The van der Waals surface area contributed by atoms with Gasteiger partial charge in [0.15, 0.2) is 11.6 Å². The second kappa shape index (κ2) is 31.1.